The van der Waals surface area contributed by atoms with Crippen molar-refractivity contribution in [1.82, 2.24) is 4.90 Å². The number of hydrogen-bond donors (Lipinski definition) is 1. The fourth-order valence-corrected chi connectivity index (χ4v) is 4.86. The molecule has 0 radical (unpaired) electrons. The Morgan fingerprint density at radius 1 is 1.04 bits per heavy atom. The lowest BCUT2D eigenvalue weighted by molar-refractivity contribution is -0.144. The molecular formula is C22H21NO4. The van der Waals surface area contributed by atoms with Crippen molar-refractivity contribution in [2.75, 3.05) is 13.2 Å². The number of fused-ring (bicyclic) bond motifs is 4. The number of nitrogens with zero attached hydrogens (tertiary/aromatic N) is 1. The van der Waals surface area contributed by atoms with Gasteiger partial charge in [-0.05, 0) is 46.9 Å². The summed E-state index contributed by atoms with van der Waals surface area (Å²) >= 11 is 0. The van der Waals surface area contributed by atoms with Crippen LogP contribution in [-0.4, -0.2) is 41.3 Å². The summed E-state index contributed by atoms with van der Waals surface area (Å²) in [7, 11) is 0. The van der Waals surface area contributed by atoms with Crippen molar-refractivity contribution in [1.29, 1.82) is 0 Å². The number of carbonyl (C=O) groups excluding carboxylic acids is 1. The smallest absolute Gasteiger partial charge is 0.410 e. The number of amides is 1. The first-order valence-corrected chi connectivity index (χ1v) is 9.49. The van der Waals surface area contributed by atoms with Gasteiger partial charge < -0.3 is 9.84 Å². The molecule has 3 aliphatic rings. The minimum absolute atomic E-state index is 0.0110. The van der Waals surface area contributed by atoms with Crippen molar-refractivity contribution in [3.8, 4) is 11.1 Å². The van der Waals surface area contributed by atoms with Crippen molar-refractivity contribution < 1.29 is 19.4 Å². The Labute approximate surface area is 157 Å². The number of benzene rings is 2. The van der Waals surface area contributed by atoms with Gasteiger partial charge in [0, 0.05) is 12.5 Å². The van der Waals surface area contributed by atoms with Crippen LogP contribution in [0.15, 0.2) is 48.5 Å². The van der Waals surface area contributed by atoms with E-state index in [1.54, 1.807) is 0 Å². The number of ether oxygens (including phenoxy) is 1. The first kappa shape index (κ1) is 16.4. The number of carboxylic acids is 1. The van der Waals surface area contributed by atoms with Crippen molar-refractivity contribution in [3.05, 3.63) is 59.7 Å². The molecule has 1 saturated heterocycles. The van der Waals surface area contributed by atoms with E-state index in [0.29, 0.717) is 12.5 Å². The molecule has 1 amide bonds. The number of rotatable bonds is 3. The first-order chi connectivity index (χ1) is 13.1. The summed E-state index contributed by atoms with van der Waals surface area (Å²) in [6.07, 6.45) is 1.28. The number of aliphatic carboxylic acids is 1. The highest BCUT2D eigenvalue weighted by atomic mass is 16.6. The van der Waals surface area contributed by atoms with E-state index < -0.39 is 18.1 Å². The maximum atomic E-state index is 12.7. The third kappa shape index (κ3) is 2.60. The fraction of sp³-hybridized carbons (Fsp3) is 0.364. The van der Waals surface area contributed by atoms with Crippen molar-refractivity contribution in [2.24, 2.45) is 11.8 Å². The molecule has 0 unspecified atom stereocenters. The van der Waals surface area contributed by atoms with Gasteiger partial charge in [0.05, 0.1) is 0 Å². The summed E-state index contributed by atoms with van der Waals surface area (Å²) in [5.41, 5.74) is 4.66. The monoisotopic (exact) mass is 363 g/mol. The van der Waals surface area contributed by atoms with Crippen molar-refractivity contribution in [3.63, 3.8) is 0 Å². The molecule has 2 fully saturated rings. The molecule has 0 aromatic heterocycles. The zero-order chi connectivity index (χ0) is 18.5. The molecule has 2 aromatic rings. The number of carbonyl (C=O) groups is 2. The first-order valence-electron chi connectivity index (χ1n) is 9.49. The van der Waals surface area contributed by atoms with Gasteiger partial charge in [0.1, 0.15) is 12.6 Å². The lowest BCUT2D eigenvalue weighted by atomic mass is 9.98. The Balaban J connectivity index is 1.35. The zero-order valence-electron chi connectivity index (χ0n) is 14.9. The Morgan fingerprint density at radius 2 is 1.67 bits per heavy atom. The van der Waals surface area contributed by atoms with E-state index >= 15 is 0 Å². The molecule has 1 aliphatic heterocycles. The summed E-state index contributed by atoms with van der Waals surface area (Å²) in [5.74, 6) is -0.376. The number of piperidine rings is 1. The molecule has 5 nitrogen and oxygen atoms in total. The summed E-state index contributed by atoms with van der Waals surface area (Å²) < 4.78 is 5.65. The largest absolute Gasteiger partial charge is 0.480 e. The van der Waals surface area contributed by atoms with Crippen LogP contribution >= 0.6 is 0 Å². The van der Waals surface area contributed by atoms with Crippen LogP contribution in [0.4, 0.5) is 4.79 Å². The van der Waals surface area contributed by atoms with Crippen LogP contribution in [0.2, 0.25) is 0 Å². The van der Waals surface area contributed by atoms with Crippen LogP contribution in [0, 0.1) is 11.8 Å². The molecule has 1 saturated carbocycles. The van der Waals surface area contributed by atoms with Gasteiger partial charge in [0.2, 0.25) is 0 Å². The Hall–Kier alpha value is -2.82. The van der Waals surface area contributed by atoms with E-state index in [2.05, 4.69) is 24.3 Å². The van der Waals surface area contributed by atoms with Gasteiger partial charge in [-0.25, -0.2) is 9.59 Å². The molecule has 1 heterocycles. The molecular weight excluding hydrogens is 342 g/mol. The minimum atomic E-state index is -0.921. The molecule has 27 heavy (non-hydrogen) atoms. The number of likely N-dealkylation sites (tertiary alicyclic amines) is 1. The van der Waals surface area contributed by atoms with Gasteiger partial charge in [-0.1, -0.05) is 48.5 Å². The zero-order valence-corrected chi connectivity index (χ0v) is 14.9. The summed E-state index contributed by atoms with van der Waals surface area (Å²) in [5, 5.41) is 9.55. The second kappa shape index (κ2) is 6.12. The molecule has 0 bridgehead atoms. The molecule has 3 atom stereocenters. The maximum absolute atomic E-state index is 12.7. The highest BCUT2D eigenvalue weighted by Gasteiger charge is 2.53. The SMILES string of the molecule is O=C(O)[C@@H]1[C@H]2C[C@H]2CCN1C(=O)OCC1c2ccccc2-c2ccccc21. The number of carboxylic acid groups (broad SMARTS) is 1. The Kier molecular flexibility index (Phi) is 3.71. The lowest BCUT2D eigenvalue weighted by Gasteiger charge is -2.32. The quantitative estimate of drug-likeness (QED) is 0.902. The van der Waals surface area contributed by atoms with Crippen LogP contribution in [-0.2, 0) is 9.53 Å². The number of hydrogen-bond acceptors (Lipinski definition) is 3. The highest BCUT2D eigenvalue weighted by molar-refractivity contribution is 5.82. The normalized spacial score (nSPS) is 25.3. The third-order valence-electron chi connectivity index (χ3n) is 6.28. The van der Waals surface area contributed by atoms with Crippen LogP contribution in [0.1, 0.15) is 29.9 Å². The average Bonchev–Trinajstić information content (AvgIpc) is 3.41. The van der Waals surface area contributed by atoms with E-state index in [4.69, 9.17) is 4.74 Å². The van der Waals surface area contributed by atoms with Crippen molar-refractivity contribution >= 4 is 12.1 Å². The fourth-order valence-electron chi connectivity index (χ4n) is 4.86. The molecule has 5 rings (SSSR count). The second-order valence-corrected chi connectivity index (χ2v) is 7.73. The average molecular weight is 363 g/mol. The highest BCUT2D eigenvalue weighted by Crippen LogP contribution is 2.49. The van der Waals surface area contributed by atoms with Crippen LogP contribution in [0.5, 0.6) is 0 Å². The van der Waals surface area contributed by atoms with Crippen LogP contribution in [0.25, 0.3) is 11.1 Å². The van der Waals surface area contributed by atoms with Crippen molar-refractivity contribution in [2.45, 2.75) is 24.8 Å². The molecule has 2 aliphatic carbocycles. The van der Waals surface area contributed by atoms with Crippen LogP contribution < -0.4 is 0 Å². The minimum Gasteiger partial charge on any atom is -0.480 e. The second-order valence-electron chi connectivity index (χ2n) is 7.73. The van der Waals surface area contributed by atoms with E-state index in [1.807, 2.05) is 24.3 Å². The molecule has 2 aromatic carbocycles. The van der Waals surface area contributed by atoms with Gasteiger partial charge in [-0.15, -0.1) is 0 Å². The molecule has 1 N–H and O–H groups in total. The van der Waals surface area contributed by atoms with Gasteiger partial charge in [0.25, 0.3) is 0 Å². The lowest BCUT2D eigenvalue weighted by Crippen LogP contribution is -2.50. The Morgan fingerprint density at radius 3 is 2.30 bits per heavy atom. The predicted molar refractivity (Wildman–Crippen MR) is 99.4 cm³/mol. The van der Waals surface area contributed by atoms with Crippen LogP contribution in [0.3, 0.4) is 0 Å². The van der Waals surface area contributed by atoms with Gasteiger partial charge in [0.15, 0.2) is 0 Å². The Bertz CT molecular complexity index is 879. The van der Waals surface area contributed by atoms with Gasteiger partial charge >= 0.3 is 12.1 Å². The van der Waals surface area contributed by atoms with E-state index in [9.17, 15) is 14.7 Å². The molecule has 0 spiro atoms. The predicted octanol–water partition coefficient (Wildman–Crippen LogP) is 3.73. The van der Waals surface area contributed by atoms with Gasteiger partial charge in [-0.2, -0.15) is 0 Å². The molecule has 5 heteroatoms. The van der Waals surface area contributed by atoms with E-state index in [1.165, 1.54) is 16.0 Å². The summed E-state index contributed by atoms with van der Waals surface area (Å²) in [6.45, 7) is 0.693. The maximum Gasteiger partial charge on any atom is 0.410 e. The van der Waals surface area contributed by atoms with E-state index in [0.717, 1.165) is 24.0 Å². The summed E-state index contributed by atoms with van der Waals surface area (Å²) in [6, 6.07) is 15.6. The standard InChI is InChI=1S/C22H21NO4/c24-21(25)20-18-11-13(18)9-10-23(20)22(26)27-12-19-16-7-3-1-5-14(16)15-6-2-4-8-17(15)19/h1-8,13,18-20H,9-12H2,(H,24,25)/t13-,18+,20+/m1/s1. The topological polar surface area (TPSA) is 66.8 Å². The van der Waals surface area contributed by atoms with E-state index in [-0.39, 0.29) is 18.4 Å². The third-order valence-corrected chi connectivity index (χ3v) is 6.28. The summed E-state index contributed by atoms with van der Waals surface area (Å²) in [4.78, 5) is 25.8. The van der Waals surface area contributed by atoms with Gasteiger partial charge in [-0.3, -0.25) is 4.90 Å². The molecule has 138 valence electrons.